The molecule has 0 N–H and O–H groups in total. The third kappa shape index (κ3) is 4.47. The molecule has 212 valence electrons. The summed E-state index contributed by atoms with van der Waals surface area (Å²) in [4.78, 5) is 16.9. The first kappa shape index (κ1) is 26.9. The van der Waals surface area contributed by atoms with E-state index in [-0.39, 0.29) is 42.8 Å². The number of alkyl halides is 4. The van der Waals surface area contributed by atoms with Gasteiger partial charge in [0.25, 0.3) is 5.91 Å². The van der Waals surface area contributed by atoms with Gasteiger partial charge in [0.15, 0.2) is 12.0 Å². The molecule has 12 heteroatoms. The van der Waals surface area contributed by atoms with Gasteiger partial charge in [-0.3, -0.25) is 9.69 Å². The Morgan fingerprint density at radius 3 is 2.65 bits per heavy atom. The highest BCUT2D eigenvalue weighted by Crippen LogP contribution is 2.47. The molecule has 0 radical (unpaired) electrons. The second kappa shape index (κ2) is 9.93. The Morgan fingerprint density at radius 1 is 1.23 bits per heavy atom. The Labute approximate surface area is 228 Å². The van der Waals surface area contributed by atoms with E-state index in [1.54, 1.807) is 44.5 Å². The van der Waals surface area contributed by atoms with Crippen molar-refractivity contribution in [3.8, 4) is 0 Å². The molecule has 1 amide bonds. The number of aryl methyl sites for hydroxylation is 1. The maximum Gasteiger partial charge on any atom is 0.416 e. The molecular weight excluding hydrogens is 530 g/mol. The lowest BCUT2D eigenvalue weighted by molar-refractivity contribution is -0.138. The summed E-state index contributed by atoms with van der Waals surface area (Å²) in [6.45, 7) is 1.59. The largest absolute Gasteiger partial charge is 0.416 e. The number of hydrogen-bond donors (Lipinski definition) is 0. The molecule has 40 heavy (non-hydrogen) atoms. The summed E-state index contributed by atoms with van der Waals surface area (Å²) in [5, 5.41) is 7.69. The van der Waals surface area contributed by atoms with Crippen molar-refractivity contribution in [3.05, 3.63) is 76.4 Å². The topological polar surface area (TPSA) is 72.7 Å². The molecule has 2 fully saturated rings. The summed E-state index contributed by atoms with van der Waals surface area (Å²) in [6.07, 6.45) is -3.89. The zero-order valence-corrected chi connectivity index (χ0v) is 22.1. The summed E-state index contributed by atoms with van der Waals surface area (Å²) in [7, 11) is 3.27. The zero-order valence-electron chi connectivity index (χ0n) is 22.1. The van der Waals surface area contributed by atoms with Crippen molar-refractivity contribution in [2.45, 2.75) is 43.4 Å². The average molecular weight is 560 g/mol. The van der Waals surface area contributed by atoms with Crippen LogP contribution in [0.2, 0.25) is 0 Å². The van der Waals surface area contributed by atoms with Crippen LogP contribution in [0.5, 0.6) is 0 Å². The van der Waals surface area contributed by atoms with E-state index >= 15 is 4.39 Å². The number of ether oxygens (including phenoxy) is 2. The van der Waals surface area contributed by atoms with Crippen molar-refractivity contribution in [1.82, 2.24) is 19.7 Å². The molecule has 1 aromatic heterocycles. The minimum absolute atomic E-state index is 0.0434. The monoisotopic (exact) mass is 559 g/mol. The molecule has 3 aliphatic rings. The van der Waals surface area contributed by atoms with Gasteiger partial charge in [0.1, 0.15) is 6.33 Å². The van der Waals surface area contributed by atoms with E-state index in [4.69, 9.17) is 9.47 Å². The molecule has 2 aromatic carbocycles. The molecule has 0 aliphatic carbocycles. The van der Waals surface area contributed by atoms with Crippen molar-refractivity contribution >= 4 is 11.6 Å². The summed E-state index contributed by atoms with van der Waals surface area (Å²) in [6, 6.07) is 9.47. The molecule has 4 heterocycles. The van der Waals surface area contributed by atoms with Gasteiger partial charge in [-0.25, -0.2) is 4.39 Å². The van der Waals surface area contributed by atoms with Gasteiger partial charge in [-0.2, -0.15) is 13.2 Å². The number of carbonyl (C=O) groups is 1. The van der Waals surface area contributed by atoms with Crippen LogP contribution in [-0.4, -0.2) is 65.1 Å². The van der Waals surface area contributed by atoms with Crippen LogP contribution < -0.4 is 4.90 Å². The third-order valence-electron chi connectivity index (χ3n) is 8.29. The van der Waals surface area contributed by atoms with E-state index in [9.17, 15) is 18.0 Å². The van der Waals surface area contributed by atoms with Crippen LogP contribution in [0.3, 0.4) is 0 Å². The smallest absolute Gasteiger partial charge is 0.380 e. The first-order chi connectivity index (χ1) is 19.1. The van der Waals surface area contributed by atoms with Crippen LogP contribution in [0.4, 0.5) is 23.2 Å². The van der Waals surface area contributed by atoms with E-state index in [1.165, 1.54) is 15.8 Å². The van der Waals surface area contributed by atoms with Crippen molar-refractivity contribution in [1.29, 1.82) is 0 Å². The number of aromatic nitrogens is 3. The van der Waals surface area contributed by atoms with Gasteiger partial charge in [-0.1, -0.05) is 12.1 Å². The highest BCUT2D eigenvalue weighted by Gasteiger charge is 2.51. The maximum atomic E-state index is 15.8. The van der Waals surface area contributed by atoms with Crippen LogP contribution >= 0.6 is 0 Å². The molecule has 3 aliphatic heterocycles. The summed E-state index contributed by atoms with van der Waals surface area (Å²) >= 11 is 0. The second-order valence-electron chi connectivity index (χ2n) is 10.8. The fourth-order valence-corrected chi connectivity index (χ4v) is 5.95. The number of methoxy groups -OCH3 is 1. The lowest BCUT2D eigenvalue weighted by Gasteiger charge is -2.43. The Balaban J connectivity index is 1.32. The normalized spacial score (nSPS) is 21.5. The molecular formula is C28H29F4N5O3. The Hall–Kier alpha value is -3.35. The summed E-state index contributed by atoms with van der Waals surface area (Å²) in [5.41, 5.74) is -0.451. The van der Waals surface area contributed by atoms with E-state index < -0.39 is 29.2 Å². The zero-order chi connectivity index (χ0) is 28.2. The maximum absolute atomic E-state index is 15.8. The molecule has 8 nitrogen and oxygen atoms in total. The summed E-state index contributed by atoms with van der Waals surface area (Å²) < 4.78 is 70.7. The molecule has 0 bridgehead atoms. The number of likely N-dealkylation sites (tertiary alicyclic amines) is 1. The number of rotatable bonds is 7. The summed E-state index contributed by atoms with van der Waals surface area (Å²) in [5.74, 6) is -0.366. The van der Waals surface area contributed by atoms with Gasteiger partial charge < -0.3 is 18.9 Å². The molecule has 3 aromatic rings. The van der Waals surface area contributed by atoms with E-state index in [0.717, 1.165) is 12.5 Å². The third-order valence-corrected chi connectivity index (χ3v) is 8.29. The van der Waals surface area contributed by atoms with Crippen LogP contribution in [0, 0.1) is 0 Å². The quantitative estimate of drug-likeness (QED) is 0.405. The lowest BCUT2D eigenvalue weighted by Crippen LogP contribution is -2.50. The van der Waals surface area contributed by atoms with E-state index in [2.05, 4.69) is 10.2 Å². The van der Waals surface area contributed by atoms with E-state index in [1.807, 2.05) is 4.90 Å². The van der Waals surface area contributed by atoms with E-state index in [0.29, 0.717) is 36.4 Å². The number of nitrogens with zero attached hydrogens (tertiary/aromatic N) is 5. The van der Waals surface area contributed by atoms with Crippen LogP contribution in [0.15, 0.2) is 42.7 Å². The highest BCUT2D eigenvalue weighted by atomic mass is 19.4. The standard InChI is InChI=1S/C28H29F4N5O3/c1-35-16-33-34-25(35)24(29)27(14-40-15-27)18-4-3-5-19(10-18)37-13-22-21(26(37)38)8-17(9-23(22)28(30,31)32)11-36-7-6-20(12-36)39-2/h3-5,8-10,16,20,24H,6-7,11-15H2,1-2H3/t20-,24-/m1/s1. The van der Waals surface area contributed by atoms with Gasteiger partial charge in [-0.05, 0) is 47.4 Å². The van der Waals surface area contributed by atoms with Crippen molar-refractivity contribution in [2.75, 3.05) is 38.3 Å². The van der Waals surface area contributed by atoms with Gasteiger partial charge in [0.05, 0.1) is 36.8 Å². The van der Waals surface area contributed by atoms with Gasteiger partial charge in [0.2, 0.25) is 0 Å². The fraction of sp³-hybridized carbons (Fsp3) is 0.464. The molecule has 6 rings (SSSR count). The number of benzene rings is 2. The Bertz CT molecular complexity index is 1440. The van der Waals surface area contributed by atoms with Crippen LogP contribution in [0.1, 0.15) is 51.0 Å². The molecule has 2 atom stereocenters. The first-order valence-electron chi connectivity index (χ1n) is 13.1. The minimum Gasteiger partial charge on any atom is -0.380 e. The predicted molar refractivity (Wildman–Crippen MR) is 136 cm³/mol. The fourth-order valence-electron chi connectivity index (χ4n) is 5.95. The van der Waals surface area contributed by atoms with Gasteiger partial charge >= 0.3 is 6.18 Å². The second-order valence-corrected chi connectivity index (χ2v) is 10.8. The van der Waals surface area contributed by atoms with Crippen molar-refractivity contribution < 1.29 is 31.8 Å². The number of hydrogen-bond acceptors (Lipinski definition) is 6. The number of anilines is 1. The average Bonchev–Trinajstić information content (AvgIpc) is 3.62. The molecule has 2 saturated heterocycles. The minimum atomic E-state index is -4.62. The molecule has 0 unspecified atom stereocenters. The first-order valence-corrected chi connectivity index (χ1v) is 13.1. The number of carbonyl (C=O) groups excluding carboxylic acids is 1. The van der Waals surface area contributed by atoms with Crippen molar-refractivity contribution in [3.63, 3.8) is 0 Å². The lowest BCUT2D eigenvalue weighted by atomic mass is 9.74. The predicted octanol–water partition coefficient (Wildman–Crippen LogP) is 4.19. The van der Waals surface area contributed by atoms with Gasteiger partial charge in [-0.15, -0.1) is 10.2 Å². The number of amides is 1. The Kier molecular flexibility index (Phi) is 6.67. The Morgan fingerprint density at radius 2 is 2.02 bits per heavy atom. The van der Waals surface area contributed by atoms with Crippen LogP contribution in [0.25, 0.3) is 0 Å². The molecule has 0 saturated carbocycles. The molecule has 0 spiro atoms. The highest BCUT2D eigenvalue weighted by molar-refractivity contribution is 6.10. The van der Waals surface area contributed by atoms with Crippen LogP contribution in [-0.2, 0) is 41.2 Å². The number of fused-ring (bicyclic) bond motifs is 1. The van der Waals surface area contributed by atoms with Crippen molar-refractivity contribution in [2.24, 2.45) is 7.05 Å². The SMILES string of the molecule is CO[C@@H]1CCN(Cc2cc3c(c(C(F)(F)F)c2)CN(c2cccc(C4([C@H](F)c5nncn5C)COC4)c2)C3=O)C1. The van der Waals surface area contributed by atoms with Gasteiger partial charge in [0, 0.05) is 45.0 Å². The number of halogens is 4.